The Morgan fingerprint density at radius 2 is 2.15 bits per heavy atom. The maximum atomic E-state index is 10.7. The summed E-state index contributed by atoms with van der Waals surface area (Å²) in [7, 11) is 0. The summed E-state index contributed by atoms with van der Waals surface area (Å²) in [4.78, 5) is 17.4. The van der Waals surface area contributed by atoms with E-state index in [1.165, 1.54) is 38.5 Å². The summed E-state index contributed by atoms with van der Waals surface area (Å²) in [6.45, 7) is 6.33. The lowest BCUT2D eigenvalue weighted by molar-refractivity contribution is 0.0696. The third-order valence-electron chi connectivity index (χ3n) is 3.68. The van der Waals surface area contributed by atoms with Gasteiger partial charge < -0.3 is 15.3 Å². The minimum Gasteiger partial charge on any atom is -0.478 e. The number of likely N-dealkylation sites (tertiary alicyclic amines) is 1. The van der Waals surface area contributed by atoms with E-state index in [9.17, 15) is 4.79 Å². The van der Waals surface area contributed by atoms with Crippen molar-refractivity contribution in [1.82, 2.24) is 15.2 Å². The molecular formula is C15H23N3O2. The van der Waals surface area contributed by atoms with Gasteiger partial charge in [-0.25, -0.2) is 4.79 Å². The molecule has 110 valence electrons. The molecule has 1 aliphatic heterocycles. The van der Waals surface area contributed by atoms with Crippen molar-refractivity contribution in [2.45, 2.75) is 38.8 Å². The van der Waals surface area contributed by atoms with Gasteiger partial charge in [-0.3, -0.25) is 4.98 Å². The molecule has 0 saturated carbocycles. The lowest BCUT2D eigenvalue weighted by atomic mass is 10.1. The van der Waals surface area contributed by atoms with Crippen LogP contribution in [0.5, 0.6) is 0 Å². The summed E-state index contributed by atoms with van der Waals surface area (Å²) >= 11 is 0. The Morgan fingerprint density at radius 1 is 1.40 bits per heavy atom. The summed E-state index contributed by atoms with van der Waals surface area (Å²) in [6.07, 6.45) is 5.39. The van der Waals surface area contributed by atoms with Crippen LogP contribution in [0.3, 0.4) is 0 Å². The van der Waals surface area contributed by atoms with Crippen LogP contribution in [-0.2, 0) is 6.54 Å². The highest BCUT2D eigenvalue weighted by atomic mass is 16.4. The van der Waals surface area contributed by atoms with Crippen LogP contribution in [0.2, 0.25) is 0 Å². The van der Waals surface area contributed by atoms with E-state index in [0.717, 1.165) is 12.2 Å². The molecule has 0 radical (unpaired) electrons. The summed E-state index contributed by atoms with van der Waals surface area (Å²) in [5, 5.41) is 12.3. The predicted molar refractivity (Wildman–Crippen MR) is 77.8 cm³/mol. The highest BCUT2D eigenvalue weighted by Crippen LogP contribution is 2.09. The van der Waals surface area contributed by atoms with Gasteiger partial charge in [0.2, 0.25) is 0 Å². The lowest BCUT2D eigenvalue weighted by Gasteiger charge is -2.29. The van der Waals surface area contributed by atoms with Crippen LogP contribution >= 0.6 is 0 Å². The van der Waals surface area contributed by atoms with Gasteiger partial charge in [0.15, 0.2) is 0 Å². The van der Waals surface area contributed by atoms with Crippen molar-refractivity contribution >= 4 is 5.97 Å². The second-order valence-corrected chi connectivity index (χ2v) is 5.49. The third kappa shape index (κ3) is 4.58. The van der Waals surface area contributed by atoms with Crippen molar-refractivity contribution in [3.8, 4) is 0 Å². The molecule has 0 bridgehead atoms. The van der Waals surface area contributed by atoms with E-state index in [1.54, 1.807) is 12.1 Å². The van der Waals surface area contributed by atoms with Gasteiger partial charge in [0.25, 0.3) is 0 Å². The lowest BCUT2D eigenvalue weighted by Crippen LogP contribution is -2.41. The van der Waals surface area contributed by atoms with Crippen LogP contribution in [0, 0.1) is 0 Å². The number of nitrogens with one attached hydrogen (secondary N) is 1. The van der Waals surface area contributed by atoms with Gasteiger partial charge >= 0.3 is 5.97 Å². The van der Waals surface area contributed by atoms with Crippen molar-refractivity contribution in [2.75, 3.05) is 19.6 Å². The fourth-order valence-electron chi connectivity index (χ4n) is 2.53. The number of pyridine rings is 1. The molecule has 1 atom stereocenters. The van der Waals surface area contributed by atoms with E-state index >= 15 is 0 Å². The number of carbonyl (C=O) groups is 1. The molecule has 1 fully saturated rings. The Bertz CT molecular complexity index is 427. The first-order valence-corrected chi connectivity index (χ1v) is 7.29. The quantitative estimate of drug-likeness (QED) is 0.829. The highest BCUT2D eigenvalue weighted by molar-refractivity contribution is 5.87. The van der Waals surface area contributed by atoms with E-state index < -0.39 is 5.97 Å². The third-order valence-corrected chi connectivity index (χ3v) is 3.68. The number of nitrogens with zero attached hydrogens (tertiary/aromatic N) is 2. The van der Waals surface area contributed by atoms with Gasteiger partial charge in [0.1, 0.15) is 0 Å². The van der Waals surface area contributed by atoms with Gasteiger partial charge in [-0.2, -0.15) is 0 Å². The van der Waals surface area contributed by atoms with Crippen LogP contribution in [0.4, 0.5) is 0 Å². The Balaban J connectivity index is 1.74. The summed E-state index contributed by atoms with van der Waals surface area (Å²) in [5.74, 6) is -0.935. The van der Waals surface area contributed by atoms with Gasteiger partial charge in [0, 0.05) is 25.3 Å². The molecule has 2 rings (SSSR count). The number of hydrogen-bond donors (Lipinski definition) is 2. The molecule has 0 aliphatic carbocycles. The largest absolute Gasteiger partial charge is 0.478 e. The number of rotatable bonds is 6. The van der Waals surface area contributed by atoms with Crippen molar-refractivity contribution in [2.24, 2.45) is 0 Å². The minimum atomic E-state index is -0.935. The molecule has 5 nitrogen and oxygen atoms in total. The van der Waals surface area contributed by atoms with Crippen molar-refractivity contribution in [1.29, 1.82) is 0 Å². The number of hydrogen-bond acceptors (Lipinski definition) is 4. The Morgan fingerprint density at radius 3 is 2.75 bits per heavy atom. The van der Waals surface area contributed by atoms with Crippen LogP contribution in [-0.4, -0.2) is 46.6 Å². The number of piperidine rings is 1. The zero-order chi connectivity index (χ0) is 14.4. The van der Waals surface area contributed by atoms with E-state index in [-0.39, 0.29) is 5.56 Å². The number of aromatic nitrogens is 1. The smallest absolute Gasteiger partial charge is 0.337 e. The van der Waals surface area contributed by atoms with Crippen LogP contribution < -0.4 is 5.32 Å². The molecule has 5 heteroatoms. The average molecular weight is 277 g/mol. The first-order chi connectivity index (χ1) is 9.65. The topological polar surface area (TPSA) is 65.5 Å². The Hall–Kier alpha value is -1.46. The highest BCUT2D eigenvalue weighted by Gasteiger charge is 2.13. The molecule has 2 N–H and O–H groups in total. The van der Waals surface area contributed by atoms with E-state index in [0.29, 0.717) is 12.6 Å². The van der Waals surface area contributed by atoms with Gasteiger partial charge in [0.05, 0.1) is 11.3 Å². The van der Waals surface area contributed by atoms with Crippen LogP contribution in [0.25, 0.3) is 0 Å². The van der Waals surface area contributed by atoms with Gasteiger partial charge in [-0.15, -0.1) is 0 Å². The molecule has 1 unspecified atom stereocenters. The average Bonchev–Trinajstić information content (AvgIpc) is 2.46. The molecule has 20 heavy (non-hydrogen) atoms. The molecule has 1 aromatic rings. The molecular weight excluding hydrogens is 254 g/mol. The fourth-order valence-corrected chi connectivity index (χ4v) is 2.53. The van der Waals surface area contributed by atoms with Crippen LogP contribution in [0.1, 0.15) is 42.2 Å². The monoisotopic (exact) mass is 277 g/mol. The van der Waals surface area contributed by atoms with Crippen LogP contribution in [0.15, 0.2) is 18.3 Å². The molecule has 0 aromatic carbocycles. The van der Waals surface area contributed by atoms with Crippen molar-refractivity contribution in [3.05, 3.63) is 29.6 Å². The number of carboxylic acids is 1. The van der Waals surface area contributed by atoms with Crippen molar-refractivity contribution < 1.29 is 9.90 Å². The molecule has 0 spiro atoms. The standard InChI is InChI=1S/C15H23N3O2/c1-12(11-18-7-3-2-4-8-18)16-10-14-6-5-13(9-17-14)15(19)20/h5-6,9,12,16H,2-4,7-8,10-11H2,1H3,(H,19,20). The number of carboxylic acid groups (broad SMARTS) is 1. The fraction of sp³-hybridized carbons (Fsp3) is 0.600. The van der Waals surface area contributed by atoms with Gasteiger partial charge in [-0.1, -0.05) is 6.42 Å². The van der Waals surface area contributed by atoms with E-state index in [1.807, 2.05) is 0 Å². The van der Waals surface area contributed by atoms with E-state index in [2.05, 4.69) is 22.1 Å². The summed E-state index contributed by atoms with van der Waals surface area (Å²) in [6, 6.07) is 3.78. The second-order valence-electron chi connectivity index (χ2n) is 5.49. The minimum absolute atomic E-state index is 0.232. The molecule has 0 amide bonds. The first kappa shape index (κ1) is 14.9. The predicted octanol–water partition coefficient (Wildman–Crippen LogP) is 1.74. The zero-order valence-electron chi connectivity index (χ0n) is 12.0. The maximum Gasteiger partial charge on any atom is 0.337 e. The summed E-state index contributed by atoms with van der Waals surface area (Å²) in [5.41, 5.74) is 1.11. The number of aromatic carboxylic acids is 1. The Labute approximate surface area is 120 Å². The zero-order valence-corrected chi connectivity index (χ0v) is 12.0. The van der Waals surface area contributed by atoms with Crippen molar-refractivity contribution in [3.63, 3.8) is 0 Å². The molecule has 1 aromatic heterocycles. The molecule has 2 heterocycles. The SMILES string of the molecule is CC(CN1CCCCC1)NCc1ccc(C(=O)O)cn1. The normalized spacial score (nSPS) is 17.9. The maximum absolute atomic E-state index is 10.7. The first-order valence-electron chi connectivity index (χ1n) is 7.29. The molecule has 1 saturated heterocycles. The van der Waals surface area contributed by atoms with Gasteiger partial charge in [-0.05, 0) is 45.0 Å². The Kier molecular flexibility index (Phi) is 5.49. The van der Waals surface area contributed by atoms with E-state index in [4.69, 9.17) is 5.11 Å². The molecule has 1 aliphatic rings. The summed E-state index contributed by atoms with van der Waals surface area (Å²) < 4.78 is 0. The second kappa shape index (κ2) is 7.36.